The average molecular weight is 573 g/mol. The predicted molar refractivity (Wildman–Crippen MR) is 144 cm³/mol. The van der Waals surface area contributed by atoms with Gasteiger partial charge < -0.3 is 33.7 Å². The first-order valence-corrected chi connectivity index (χ1v) is 13.3. The number of pyridine rings is 1. The fourth-order valence-corrected chi connectivity index (χ4v) is 4.05. The molecule has 1 amide bonds. The van der Waals surface area contributed by atoms with Crippen LogP contribution in [-0.4, -0.2) is 74.2 Å². The molecular formula is C29H36N2O10. The van der Waals surface area contributed by atoms with Gasteiger partial charge in [0.15, 0.2) is 36.1 Å². The molecule has 12 nitrogen and oxygen atoms in total. The number of hydrogen-bond acceptors (Lipinski definition) is 11. The van der Waals surface area contributed by atoms with Crippen LogP contribution in [0.2, 0.25) is 0 Å². The van der Waals surface area contributed by atoms with Gasteiger partial charge in [0, 0.05) is 18.9 Å². The van der Waals surface area contributed by atoms with Gasteiger partial charge in [0.25, 0.3) is 5.91 Å². The fraction of sp³-hybridized carbons (Fsp3) is 0.483. The molecule has 0 spiro atoms. The number of esters is 3. The van der Waals surface area contributed by atoms with E-state index in [0.29, 0.717) is 6.61 Å². The van der Waals surface area contributed by atoms with Gasteiger partial charge in [-0.15, -0.1) is 0 Å². The first kappa shape index (κ1) is 31.3. The zero-order valence-electron chi connectivity index (χ0n) is 23.8. The number of carbonyl (C=O) groups excluding carboxylic acids is 4. The largest absolute Gasteiger partial charge is 0.493 e. The fourth-order valence-electron chi connectivity index (χ4n) is 4.05. The molecule has 222 valence electrons. The van der Waals surface area contributed by atoms with Crippen LogP contribution in [0.5, 0.6) is 11.5 Å². The molecule has 1 saturated heterocycles. The second kappa shape index (κ2) is 15.0. The minimum Gasteiger partial charge on any atom is -0.493 e. The molecule has 1 aliphatic heterocycles. The summed E-state index contributed by atoms with van der Waals surface area (Å²) < 4.78 is 32.8. The zero-order chi connectivity index (χ0) is 29.9. The quantitative estimate of drug-likeness (QED) is 0.183. The van der Waals surface area contributed by atoms with E-state index in [1.807, 2.05) is 30.3 Å². The number of rotatable bonds is 11. The normalized spacial score (nSPS) is 21.0. The molecule has 2 heterocycles. The van der Waals surface area contributed by atoms with E-state index >= 15 is 0 Å². The van der Waals surface area contributed by atoms with E-state index in [0.717, 1.165) is 5.56 Å². The molecule has 4 atom stereocenters. The van der Waals surface area contributed by atoms with E-state index in [-0.39, 0.29) is 30.4 Å². The molecule has 0 radical (unpaired) electrons. The highest BCUT2D eigenvalue weighted by Gasteiger charge is 2.42. The molecule has 0 saturated carbocycles. The van der Waals surface area contributed by atoms with E-state index in [1.165, 1.54) is 26.3 Å². The van der Waals surface area contributed by atoms with E-state index < -0.39 is 60.5 Å². The topological polar surface area (TPSA) is 149 Å². The van der Waals surface area contributed by atoms with Gasteiger partial charge in [0.1, 0.15) is 18.6 Å². The number of ether oxygens (including phenoxy) is 6. The van der Waals surface area contributed by atoms with Crippen LogP contribution in [0.3, 0.4) is 0 Å². The summed E-state index contributed by atoms with van der Waals surface area (Å²) in [7, 11) is 1.40. The van der Waals surface area contributed by atoms with Crippen molar-refractivity contribution in [2.45, 2.75) is 52.4 Å². The van der Waals surface area contributed by atoms with Crippen molar-refractivity contribution >= 4 is 23.8 Å². The molecule has 2 aromatic rings. The Morgan fingerprint density at radius 1 is 1.12 bits per heavy atom. The average Bonchev–Trinajstić information content (AvgIpc) is 2.99. The smallest absolute Gasteiger partial charge is 0.332 e. The van der Waals surface area contributed by atoms with Crippen LogP contribution < -0.4 is 14.8 Å². The third-order valence-electron chi connectivity index (χ3n) is 6.26. The second-order valence-corrected chi connectivity index (χ2v) is 9.60. The summed E-state index contributed by atoms with van der Waals surface area (Å²) in [6.07, 6.45) is -0.658. The number of hydrogen-bond donors (Lipinski definition) is 1. The van der Waals surface area contributed by atoms with Gasteiger partial charge in [-0.1, -0.05) is 44.2 Å². The maximum atomic E-state index is 13.4. The van der Waals surface area contributed by atoms with Gasteiger partial charge in [0.05, 0.1) is 13.0 Å². The number of benzene rings is 1. The molecule has 1 N–H and O–H groups in total. The minimum atomic E-state index is -1.39. The molecule has 41 heavy (non-hydrogen) atoms. The Hall–Kier alpha value is -4.19. The Morgan fingerprint density at radius 3 is 2.51 bits per heavy atom. The van der Waals surface area contributed by atoms with Crippen molar-refractivity contribution in [1.29, 1.82) is 0 Å². The lowest BCUT2D eigenvalue weighted by Gasteiger charge is -2.29. The molecule has 0 aliphatic carbocycles. The minimum absolute atomic E-state index is 0.00586. The van der Waals surface area contributed by atoms with Gasteiger partial charge in [-0.3, -0.25) is 14.4 Å². The second-order valence-electron chi connectivity index (χ2n) is 9.60. The van der Waals surface area contributed by atoms with Crippen LogP contribution in [0, 0.1) is 11.8 Å². The van der Waals surface area contributed by atoms with Crippen LogP contribution in [0.15, 0.2) is 42.6 Å². The Bertz CT molecular complexity index is 1200. The third kappa shape index (κ3) is 8.40. The Balaban J connectivity index is 1.87. The van der Waals surface area contributed by atoms with Crippen molar-refractivity contribution in [3.8, 4) is 11.5 Å². The summed E-state index contributed by atoms with van der Waals surface area (Å²) in [5, 5.41) is 2.50. The van der Waals surface area contributed by atoms with Crippen LogP contribution >= 0.6 is 0 Å². The lowest BCUT2D eigenvalue weighted by Crippen LogP contribution is -2.47. The van der Waals surface area contributed by atoms with Crippen molar-refractivity contribution in [2.75, 3.05) is 27.1 Å². The molecule has 3 rings (SSSR count). The number of nitrogens with zero attached hydrogens (tertiary/aromatic N) is 1. The van der Waals surface area contributed by atoms with Crippen LogP contribution in [0.4, 0.5) is 0 Å². The van der Waals surface area contributed by atoms with Crippen molar-refractivity contribution in [2.24, 2.45) is 11.8 Å². The number of amides is 1. The third-order valence-corrected chi connectivity index (χ3v) is 6.26. The highest BCUT2D eigenvalue weighted by Crippen LogP contribution is 2.30. The number of cyclic esters (lactones) is 2. The monoisotopic (exact) mass is 572 g/mol. The number of nitrogens with one attached hydrogen (secondary N) is 1. The van der Waals surface area contributed by atoms with Gasteiger partial charge in [0.2, 0.25) is 0 Å². The van der Waals surface area contributed by atoms with Crippen LogP contribution in [-0.2, 0) is 39.8 Å². The lowest BCUT2D eigenvalue weighted by atomic mass is 9.91. The summed E-state index contributed by atoms with van der Waals surface area (Å²) in [5.41, 5.74) is 0.619. The standard InChI is InChI=1S/C29H36N2O10/c1-6-37-16-39-25-22(36-5)12-13-30-23(25)26(32)31-21-15-38-28(34)20(14-19-10-8-7-9-11-19)24(18(4)40-29(21)35)41-27(33)17(2)3/h7-13,17-18,20-21,24H,6,14-16H2,1-5H3,(H,31,32). The SMILES string of the molecule is CCOCOc1c(OC)ccnc1C(=O)NC1COC(=O)C(Cc2ccccc2)C(OC(=O)C(C)C)C(C)OC1=O. The predicted octanol–water partition coefficient (Wildman–Crippen LogP) is 2.48. The molecular weight excluding hydrogens is 536 g/mol. The van der Waals surface area contributed by atoms with E-state index in [4.69, 9.17) is 28.4 Å². The van der Waals surface area contributed by atoms with Crippen LogP contribution in [0.1, 0.15) is 43.7 Å². The summed E-state index contributed by atoms with van der Waals surface area (Å²) in [5.74, 6) is -4.19. The summed E-state index contributed by atoms with van der Waals surface area (Å²) in [6.45, 7) is 6.30. The first-order chi connectivity index (χ1) is 19.7. The van der Waals surface area contributed by atoms with Crippen molar-refractivity contribution in [1.82, 2.24) is 10.3 Å². The van der Waals surface area contributed by atoms with Crippen molar-refractivity contribution < 1.29 is 47.6 Å². The molecule has 0 bridgehead atoms. The summed E-state index contributed by atoms with van der Waals surface area (Å²) in [4.78, 5) is 56.4. The Labute approximate surface area is 238 Å². The van der Waals surface area contributed by atoms with Gasteiger partial charge in [-0.05, 0) is 25.8 Å². The highest BCUT2D eigenvalue weighted by atomic mass is 16.7. The molecule has 1 fully saturated rings. The van der Waals surface area contributed by atoms with E-state index in [2.05, 4.69) is 10.3 Å². The summed E-state index contributed by atoms with van der Waals surface area (Å²) >= 11 is 0. The maximum absolute atomic E-state index is 13.4. The molecule has 1 aromatic heterocycles. The van der Waals surface area contributed by atoms with Crippen LogP contribution in [0.25, 0.3) is 0 Å². The first-order valence-electron chi connectivity index (χ1n) is 13.3. The van der Waals surface area contributed by atoms with E-state index in [1.54, 1.807) is 20.8 Å². The van der Waals surface area contributed by atoms with Crippen molar-refractivity contribution in [3.05, 3.63) is 53.9 Å². The number of aromatic nitrogens is 1. The molecule has 4 unspecified atom stereocenters. The van der Waals surface area contributed by atoms with Gasteiger partial charge in [-0.25, -0.2) is 9.78 Å². The maximum Gasteiger partial charge on any atom is 0.332 e. The van der Waals surface area contributed by atoms with Gasteiger partial charge >= 0.3 is 17.9 Å². The van der Waals surface area contributed by atoms with Gasteiger partial charge in [-0.2, -0.15) is 0 Å². The Kier molecular flexibility index (Phi) is 11.5. The lowest BCUT2D eigenvalue weighted by molar-refractivity contribution is -0.176. The molecule has 1 aliphatic rings. The van der Waals surface area contributed by atoms with E-state index in [9.17, 15) is 19.2 Å². The zero-order valence-corrected chi connectivity index (χ0v) is 23.8. The Morgan fingerprint density at radius 2 is 1.85 bits per heavy atom. The molecule has 12 heteroatoms. The molecule has 1 aromatic carbocycles. The number of methoxy groups -OCH3 is 1. The summed E-state index contributed by atoms with van der Waals surface area (Å²) in [6, 6.07) is 9.24. The van der Waals surface area contributed by atoms with Crippen molar-refractivity contribution in [3.63, 3.8) is 0 Å². The number of carbonyl (C=O) groups is 4. The highest BCUT2D eigenvalue weighted by molar-refractivity contribution is 5.98.